The van der Waals surface area contributed by atoms with Crippen molar-refractivity contribution in [3.05, 3.63) is 23.0 Å². The smallest absolute Gasteiger partial charge is 0.404 e. The van der Waals surface area contributed by atoms with Crippen molar-refractivity contribution in [2.45, 2.75) is 25.0 Å². The van der Waals surface area contributed by atoms with Gasteiger partial charge in [0.25, 0.3) is 0 Å². The van der Waals surface area contributed by atoms with Crippen LogP contribution in [0.4, 0.5) is 13.2 Å². The Kier molecular flexibility index (Phi) is 4.34. The molecular formula is C10H8BrF3N2O. The molecule has 0 fully saturated rings. The average molecular weight is 309 g/mol. The Morgan fingerprint density at radius 2 is 2.18 bits per heavy atom. The van der Waals surface area contributed by atoms with E-state index in [0.29, 0.717) is 5.56 Å². The van der Waals surface area contributed by atoms with Gasteiger partial charge in [0.15, 0.2) is 5.75 Å². The van der Waals surface area contributed by atoms with E-state index in [0.717, 1.165) is 0 Å². The van der Waals surface area contributed by atoms with E-state index < -0.39 is 6.36 Å². The van der Waals surface area contributed by atoms with Crippen molar-refractivity contribution in [1.29, 1.82) is 5.26 Å². The summed E-state index contributed by atoms with van der Waals surface area (Å²) in [5.74, 6) is -0.331. The van der Waals surface area contributed by atoms with E-state index in [1.54, 1.807) is 0 Å². The quantitative estimate of drug-likeness (QED) is 0.805. The molecule has 92 valence electrons. The highest BCUT2D eigenvalue weighted by Crippen LogP contribution is 2.31. The van der Waals surface area contributed by atoms with Crippen LogP contribution >= 0.6 is 15.9 Å². The Hall–Kier alpha value is -1.29. The molecule has 0 atom stereocenters. The maximum absolute atomic E-state index is 12.2. The third-order valence-corrected chi connectivity index (χ3v) is 2.61. The minimum atomic E-state index is -4.77. The van der Waals surface area contributed by atoms with Gasteiger partial charge in [0, 0.05) is 11.5 Å². The second kappa shape index (κ2) is 5.36. The number of nitriles is 1. The second-order valence-electron chi connectivity index (χ2n) is 3.20. The highest BCUT2D eigenvalue weighted by Gasteiger charge is 2.33. The summed E-state index contributed by atoms with van der Waals surface area (Å²) in [6.07, 6.45) is -3.39. The van der Waals surface area contributed by atoms with Crippen molar-refractivity contribution in [3.63, 3.8) is 0 Å². The van der Waals surface area contributed by atoms with Crippen LogP contribution in [-0.4, -0.2) is 11.3 Å². The molecule has 1 aromatic rings. The molecule has 0 saturated carbocycles. The van der Waals surface area contributed by atoms with Crippen molar-refractivity contribution < 1.29 is 17.9 Å². The van der Waals surface area contributed by atoms with Crippen molar-refractivity contribution in [3.8, 4) is 11.8 Å². The van der Waals surface area contributed by atoms with Gasteiger partial charge >= 0.3 is 6.36 Å². The van der Waals surface area contributed by atoms with E-state index in [2.05, 4.69) is 25.7 Å². The minimum Gasteiger partial charge on any atom is -0.404 e. The summed E-state index contributed by atoms with van der Waals surface area (Å²) < 4.78 is 40.6. The number of nitrogens with zero attached hydrogens (tertiary/aromatic N) is 2. The first-order valence-electron chi connectivity index (χ1n) is 4.55. The average Bonchev–Trinajstić information content (AvgIpc) is 2.23. The molecule has 0 aromatic carbocycles. The summed E-state index contributed by atoms with van der Waals surface area (Å²) in [5, 5.41) is 8.69. The zero-order chi connectivity index (χ0) is 13.1. The van der Waals surface area contributed by atoms with E-state index in [-0.39, 0.29) is 28.8 Å². The monoisotopic (exact) mass is 308 g/mol. The molecule has 0 aliphatic carbocycles. The van der Waals surface area contributed by atoms with Crippen LogP contribution in [0.5, 0.6) is 5.75 Å². The van der Waals surface area contributed by atoms with Crippen LogP contribution in [-0.2, 0) is 11.8 Å². The van der Waals surface area contributed by atoms with Crippen LogP contribution in [0.3, 0.4) is 0 Å². The molecule has 17 heavy (non-hydrogen) atoms. The predicted molar refractivity (Wildman–Crippen MR) is 57.6 cm³/mol. The molecule has 3 nitrogen and oxygen atoms in total. The number of rotatable bonds is 3. The third-order valence-electron chi connectivity index (χ3n) is 2.07. The lowest BCUT2D eigenvalue weighted by molar-refractivity contribution is -0.275. The van der Waals surface area contributed by atoms with Crippen molar-refractivity contribution in [1.82, 2.24) is 4.98 Å². The number of aromatic nitrogens is 1. The zero-order valence-electron chi connectivity index (χ0n) is 8.81. The van der Waals surface area contributed by atoms with E-state index in [9.17, 15) is 13.2 Å². The molecule has 1 heterocycles. The number of hydrogen-bond donors (Lipinski definition) is 0. The summed E-state index contributed by atoms with van der Waals surface area (Å²) in [4.78, 5) is 3.84. The van der Waals surface area contributed by atoms with Gasteiger partial charge in [0.1, 0.15) is 0 Å². The molecule has 0 bridgehead atoms. The van der Waals surface area contributed by atoms with Crippen LogP contribution < -0.4 is 4.74 Å². The molecule has 1 aromatic heterocycles. The summed E-state index contributed by atoms with van der Waals surface area (Å²) in [5.41, 5.74) is 0.867. The van der Waals surface area contributed by atoms with Gasteiger partial charge in [0.2, 0.25) is 0 Å². The first kappa shape index (κ1) is 13.8. The van der Waals surface area contributed by atoms with Crippen molar-refractivity contribution >= 4 is 15.9 Å². The van der Waals surface area contributed by atoms with E-state index in [1.165, 1.54) is 13.1 Å². The number of halogens is 4. The molecule has 1 rings (SSSR count). The molecule has 0 amide bonds. The molecule has 0 aliphatic rings. The topological polar surface area (TPSA) is 45.9 Å². The lowest BCUT2D eigenvalue weighted by atomic mass is 10.1. The van der Waals surface area contributed by atoms with E-state index in [1.807, 2.05) is 6.07 Å². The SMILES string of the molecule is Cc1c(CC#N)cnc(CBr)c1OC(F)(F)F. The zero-order valence-corrected chi connectivity index (χ0v) is 10.4. The van der Waals surface area contributed by atoms with Gasteiger partial charge < -0.3 is 4.74 Å². The molecular weight excluding hydrogens is 301 g/mol. The van der Waals surface area contributed by atoms with Crippen LogP contribution in [0.15, 0.2) is 6.20 Å². The van der Waals surface area contributed by atoms with E-state index in [4.69, 9.17) is 5.26 Å². The van der Waals surface area contributed by atoms with Gasteiger partial charge in [-0.15, -0.1) is 13.2 Å². The van der Waals surface area contributed by atoms with Gasteiger partial charge in [-0.05, 0) is 18.1 Å². The summed E-state index contributed by atoms with van der Waals surface area (Å²) in [6, 6.07) is 1.86. The Labute approximate surface area is 104 Å². The first-order chi connectivity index (χ1) is 7.89. The molecule has 0 N–H and O–H groups in total. The van der Waals surface area contributed by atoms with Crippen LogP contribution in [0, 0.1) is 18.3 Å². The fourth-order valence-electron chi connectivity index (χ4n) is 1.28. The third kappa shape index (κ3) is 3.60. The Balaban J connectivity index is 3.23. The second-order valence-corrected chi connectivity index (χ2v) is 3.76. The van der Waals surface area contributed by atoms with Crippen molar-refractivity contribution in [2.24, 2.45) is 0 Å². The maximum atomic E-state index is 12.2. The maximum Gasteiger partial charge on any atom is 0.573 e. The first-order valence-corrected chi connectivity index (χ1v) is 5.67. The molecule has 0 spiro atoms. The van der Waals surface area contributed by atoms with Crippen LogP contribution in [0.2, 0.25) is 0 Å². The predicted octanol–water partition coefficient (Wildman–Crippen LogP) is 3.25. The fourth-order valence-corrected chi connectivity index (χ4v) is 1.68. The van der Waals surface area contributed by atoms with Gasteiger partial charge in [-0.1, -0.05) is 15.9 Å². The number of hydrogen-bond acceptors (Lipinski definition) is 3. The number of pyridine rings is 1. The Morgan fingerprint density at radius 1 is 1.53 bits per heavy atom. The van der Waals surface area contributed by atoms with Gasteiger partial charge in [0.05, 0.1) is 18.2 Å². The summed E-state index contributed by atoms with van der Waals surface area (Å²) >= 11 is 3.04. The minimum absolute atomic E-state index is 0.00435. The molecule has 0 aliphatic heterocycles. The van der Waals surface area contributed by atoms with Crippen molar-refractivity contribution in [2.75, 3.05) is 0 Å². The number of alkyl halides is 4. The lowest BCUT2D eigenvalue weighted by Crippen LogP contribution is -2.19. The normalized spacial score (nSPS) is 11.1. The molecule has 7 heteroatoms. The van der Waals surface area contributed by atoms with Crippen LogP contribution in [0.25, 0.3) is 0 Å². The number of ether oxygens (including phenoxy) is 1. The van der Waals surface area contributed by atoms with Crippen LogP contribution in [0.1, 0.15) is 16.8 Å². The molecule has 0 unspecified atom stereocenters. The highest BCUT2D eigenvalue weighted by molar-refractivity contribution is 9.08. The van der Waals surface area contributed by atoms with Gasteiger partial charge in [-0.25, -0.2) is 0 Å². The lowest BCUT2D eigenvalue weighted by Gasteiger charge is -2.15. The van der Waals surface area contributed by atoms with Gasteiger partial charge in [-0.3, -0.25) is 4.98 Å². The van der Waals surface area contributed by atoms with Gasteiger partial charge in [-0.2, -0.15) is 5.26 Å². The summed E-state index contributed by atoms with van der Waals surface area (Å²) in [6.45, 7) is 1.47. The Morgan fingerprint density at radius 3 is 2.65 bits per heavy atom. The fraction of sp³-hybridized carbons (Fsp3) is 0.400. The largest absolute Gasteiger partial charge is 0.573 e. The molecule has 0 radical (unpaired) electrons. The summed E-state index contributed by atoms with van der Waals surface area (Å²) in [7, 11) is 0. The standard InChI is InChI=1S/C10H8BrF3N2O/c1-6-7(2-3-15)5-16-8(4-11)9(6)17-10(12,13)14/h5H,2,4H2,1H3. The van der Waals surface area contributed by atoms with E-state index >= 15 is 0 Å². The Bertz CT molecular complexity index is 454. The highest BCUT2D eigenvalue weighted by atomic mass is 79.9. The molecule has 0 saturated heterocycles.